The Kier molecular flexibility index (Phi) is 9.20. The minimum Gasteiger partial charge on any atom is -0.426 e. The van der Waals surface area contributed by atoms with Gasteiger partial charge < -0.3 is 20.9 Å². The largest absolute Gasteiger partial charge is 0.426 e. The molecular formula is C40H52F2N2O4. The van der Waals surface area contributed by atoms with Gasteiger partial charge in [-0.15, -0.1) is 0 Å². The Bertz CT molecular complexity index is 1460. The molecule has 3 fully saturated rings. The molecule has 7 rings (SSSR count). The first-order valence-electron chi connectivity index (χ1n) is 18.6. The predicted octanol–water partition coefficient (Wildman–Crippen LogP) is 7.73. The van der Waals surface area contributed by atoms with Crippen LogP contribution in [0.15, 0.2) is 24.3 Å². The number of carbonyl (C=O) groups excluding carboxylic acids is 2. The van der Waals surface area contributed by atoms with E-state index in [0.717, 1.165) is 86.5 Å². The van der Waals surface area contributed by atoms with E-state index in [-0.39, 0.29) is 57.9 Å². The maximum absolute atomic E-state index is 15.5. The van der Waals surface area contributed by atoms with Crippen LogP contribution in [-0.4, -0.2) is 24.0 Å². The zero-order chi connectivity index (χ0) is 33.8. The van der Waals surface area contributed by atoms with E-state index in [4.69, 9.17) is 20.9 Å². The van der Waals surface area contributed by atoms with Gasteiger partial charge in [-0.05, 0) is 110 Å². The Morgan fingerprint density at radius 3 is 1.42 bits per heavy atom. The summed E-state index contributed by atoms with van der Waals surface area (Å²) in [6.07, 6.45) is 13.6. The molecule has 8 heteroatoms. The molecule has 0 heterocycles. The van der Waals surface area contributed by atoms with Crippen LogP contribution >= 0.6 is 0 Å². The van der Waals surface area contributed by atoms with Crippen LogP contribution in [0.4, 0.5) is 8.78 Å². The van der Waals surface area contributed by atoms with Crippen molar-refractivity contribution in [2.45, 2.75) is 139 Å². The van der Waals surface area contributed by atoms with Crippen LogP contribution in [0.25, 0.3) is 0 Å². The summed E-state index contributed by atoms with van der Waals surface area (Å²) in [6.45, 7) is 4.28. The Labute approximate surface area is 283 Å². The van der Waals surface area contributed by atoms with E-state index in [1.165, 1.54) is 12.1 Å². The molecule has 2 aromatic carbocycles. The standard InChI is InChI=1S/C40H52F2N2O4/c1-39-15-7-3-5-9-25(35(39)43)17-29-31(39)19-27(21-33(29)41)47-37(45)23-11-13-24(14-12-23)38(46)48-28-20-32-30(34(42)22-28)18-26-10-6-4-8-16-40(32,2)36(26)44/h19-26,35-36H,3-18,43-44H2,1-2H3. The summed E-state index contributed by atoms with van der Waals surface area (Å²) in [5.74, 6) is -1.28. The molecule has 4 N–H and O–H groups in total. The van der Waals surface area contributed by atoms with Gasteiger partial charge in [0, 0.05) is 35.0 Å². The fourth-order valence-electron chi connectivity index (χ4n) is 10.2. The Morgan fingerprint density at radius 1 is 0.625 bits per heavy atom. The second-order valence-electron chi connectivity index (χ2n) is 16.3. The molecule has 6 unspecified atom stereocenters. The van der Waals surface area contributed by atoms with Crippen molar-refractivity contribution in [3.63, 3.8) is 0 Å². The summed E-state index contributed by atoms with van der Waals surface area (Å²) >= 11 is 0. The van der Waals surface area contributed by atoms with E-state index >= 15 is 8.78 Å². The molecule has 0 spiro atoms. The lowest BCUT2D eigenvalue weighted by Gasteiger charge is -2.47. The first kappa shape index (κ1) is 33.6. The highest BCUT2D eigenvalue weighted by Crippen LogP contribution is 2.49. The van der Waals surface area contributed by atoms with Crippen molar-refractivity contribution < 1.29 is 27.8 Å². The van der Waals surface area contributed by atoms with Gasteiger partial charge in [0.15, 0.2) is 0 Å². The van der Waals surface area contributed by atoms with Crippen LogP contribution in [0, 0.1) is 35.3 Å². The number of hydrogen-bond acceptors (Lipinski definition) is 6. The summed E-state index contributed by atoms with van der Waals surface area (Å²) in [6, 6.07) is 6.27. The van der Waals surface area contributed by atoms with Gasteiger partial charge in [-0.2, -0.15) is 0 Å². The van der Waals surface area contributed by atoms with E-state index < -0.39 is 23.8 Å². The van der Waals surface area contributed by atoms with Crippen LogP contribution in [0.5, 0.6) is 11.5 Å². The summed E-state index contributed by atoms with van der Waals surface area (Å²) in [4.78, 5) is 26.6. The quantitative estimate of drug-likeness (QED) is 0.257. The van der Waals surface area contributed by atoms with Crippen LogP contribution in [0.3, 0.4) is 0 Å². The molecule has 48 heavy (non-hydrogen) atoms. The van der Waals surface area contributed by atoms with E-state index in [2.05, 4.69) is 13.8 Å². The summed E-state index contributed by atoms with van der Waals surface area (Å²) < 4.78 is 42.7. The highest BCUT2D eigenvalue weighted by atomic mass is 19.1. The van der Waals surface area contributed by atoms with Gasteiger partial charge in [0.25, 0.3) is 0 Å². The maximum atomic E-state index is 15.5. The number of nitrogens with two attached hydrogens (primary N) is 2. The van der Waals surface area contributed by atoms with Gasteiger partial charge >= 0.3 is 11.9 Å². The number of esters is 2. The smallest absolute Gasteiger partial charge is 0.314 e. The minimum absolute atomic E-state index is 0.0575. The zero-order valence-electron chi connectivity index (χ0n) is 28.6. The molecule has 4 bridgehead atoms. The van der Waals surface area contributed by atoms with Crippen molar-refractivity contribution in [3.05, 3.63) is 58.2 Å². The SMILES string of the molecule is CC12CCCCCC(Cc3c(F)cc(OC(=O)C4CCC(C(=O)Oc5cc(F)c6c(c5)C5(C)CCCCCC(C6)C5N)CC4)cc31)C2N. The van der Waals surface area contributed by atoms with Gasteiger partial charge in [0.1, 0.15) is 23.1 Å². The molecule has 0 aliphatic heterocycles. The lowest BCUT2D eigenvalue weighted by Crippen LogP contribution is -2.53. The normalized spacial score (nSPS) is 34.7. The average molecular weight is 663 g/mol. The maximum Gasteiger partial charge on any atom is 0.314 e. The van der Waals surface area contributed by atoms with Crippen molar-refractivity contribution in [2.75, 3.05) is 0 Å². The molecule has 260 valence electrons. The second-order valence-corrected chi connectivity index (χ2v) is 16.3. The van der Waals surface area contributed by atoms with Crippen LogP contribution in [0.1, 0.15) is 126 Å². The van der Waals surface area contributed by atoms with Crippen LogP contribution in [0.2, 0.25) is 0 Å². The third-order valence-corrected chi connectivity index (χ3v) is 13.4. The predicted molar refractivity (Wildman–Crippen MR) is 181 cm³/mol. The molecule has 3 saturated carbocycles. The molecular weight excluding hydrogens is 610 g/mol. The number of rotatable bonds is 4. The number of ether oxygens (including phenoxy) is 2. The molecule has 0 aromatic heterocycles. The fraction of sp³-hybridized carbons (Fsp3) is 0.650. The molecule has 6 atom stereocenters. The van der Waals surface area contributed by atoms with Crippen molar-refractivity contribution >= 4 is 11.9 Å². The first-order valence-corrected chi connectivity index (χ1v) is 18.6. The Morgan fingerprint density at radius 2 is 1.02 bits per heavy atom. The van der Waals surface area contributed by atoms with Crippen molar-refractivity contribution in [1.29, 1.82) is 0 Å². The molecule has 0 amide bonds. The molecule has 5 aliphatic rings. The number of benzene rings is 2. The topological polar surface area (TPSA) is 105 Å². The van der Waals surface area contributed by atoms with Crippen molar-refractivity contribution in [1.82, 2.24) is 0 Å². The van der Waals surface area contributed by atoms with Crippen LogP contribution < -0.4 is 20.9 Å². The average Bonchev–Trinajstić information content (AvgIpc) is 3.06. The van der Waals surface area contributed by atoms with E-state index in [1.54, 1.807) is 0 Å². The summed E-state index contributed by atoms with van der Waals surface area (Å²) in [5, 5.41) is 0. The molecule has 5 aliphatic carbocycles. The van der Waals surface area contributed by atoms with Gasteiger partial charge in [0.05, 0.1) is 11.8 Å². The molecule has 0 radical (unpaired) electrons. The number of hydrogen-bond donors (Lipinski definition) is 2. The van der Waals surface area contributed by atoms with Gasteiger partial charge in [-0.25, -0.2) is 8.78 Å². The van der Waals surface area contributed by atoms with Gasteiger partial charge in [-0.3, -0.25) is 9.59 Å². The Balaban J connectivity index is 0.997. The second kappa shape index (κ2) is 13.1. The van der Waals surface area contributed by atoms with Crippen molar-refractivity contribution in [2.24, 2.45) is 35.1 Å². The molecule has 6 nitrogen and oxygen atoms in total. The lowest BCUT2D eigenvalue weighted by atomic mass is 9.60. The number of carbonyl (C=O) groups is 2. The summed E-state index contributed by atoms with van der Waals surface area (Å²) in [5.41, 5.74) is 16.1. The number of halogens is 2. The van der Waals surface area contributed by atoms with Crippen LogP contribution in [-0.2, 0) is 33.3 Å². The van der Waals surface area contributed by atoms with E-state index in [9.17, 15) is 9.59 Å². The summed E-state index contributed by atoms with van der Waals surface area (Å²) in [7, 11) is 0. The lowest BCUT2D eigenvalue weighted by molar-refractivity contribution is -0.145. The highest BCUT2D eigenvalue weighted by molar-refractivity contribution is 5.78. The van der Waals surface area contributed by atoms with Gasteiger partial charge in [0.2, 0.25) is 0 Å². The molecule has 0 saturated heterocycles. The zero-order valence-corrected chi connectivity index (χ0v) is 28.6. The third-order valence-electron chi connectivity index (χ3n) is 13.4. The number of fused-ring (bicyclic) bond motifs is 8. The fourth-order valence-corrected chi connectivity index (χ4v) is 10.2. The van der Waals surface area contributed by atoms with E-state index in [1.807, 2.05) is 12.1 Å². The third kappa shape index (κ3) is 5.99. The van der Waals surface area contributed by atoms with Gasteiger partial charge in [-0.1, -0.05) is 52.4 Å². The monoisotopic (exact) mass is 662 g/mol. The Hall–Kier alpha value is -2.84. The first-order chi connectivity index (χ1) is 23.0. The van der Waals surface area contributed by atoms with Crippen molar-refractivity contribution in [3.8, 4) is 11.5 Å². The molecule has 2 aromatic rings. The van der Waals surface area contributed by atoms with E-state index in [0.29, 0.717) is 38.5 Å². The minimum atomic E-state index is -0.402. The highest BCUT2D eigenvalue weighted by Gasteiger charge is 2.46.